The number of nitrogens with one attached hydrogen (secondary N) is 1. The number of ether oxygens (including phenoxy) is 3. The predicted molar refractivity (Wildman–Crippen MR) is 45.6 cm³/mol. The van der Waals surface area contributed by atoms with Gasteiger partial charge in [0.25, 0.3) is 0 Å². The summed E-state index contributed by atoms with van der Waals surface area (Å²) in [5, 5.41) is 0. The molecule has 0 fully saturated rings. The third kappa shape index (κ3) is 6.78. The molecule has 0 spiro atoms. The number of halogens is 1. The van der Waals surface area contributed by atoms with Crippen molar-refractivity contribution in [1.29, 1.82) is 0 Å². The highest BCUT2D eigenvalue weighted by molar-refractivity contribution is 6.13. The highest BCUT2D eigenvalue weighted by Crippen LogP contribution is 1.89. The van der Waals surface area contributed by atoms with Gasteiger partial charge in [-0.25, -0.2) is 4.84 Å². The van der Waals surface area contributed by atoms with Crippen LogP contribution in [0, 0.1) is 0 Å². The molecule has 0 aromatic rings. The number of nitrogens with two attached hydrogens (primary N) is 1. The molecular formula is C6H15ClN2O3. The van der Waals surface area contributed by atoms with E-state index in [4.69, 9.17) is 31.7 Å². The lowest BCUT2D eigenvalue weighted by Crippen LogP contribution is -2.27. The van der Waals surface area contributed by atoms with E-state index < -0.39 is 0 Å². The average Bonchev–Trinajstić information content (AvgIpc) is 2.11. The molecule has 0 aliphatic heterocycles. The fraction of sp³-hybridized carbons (Fsp3) is 1.00. The lowest BCUT2D eigenvalue weighted by Gasteiger charge is -2.13. The zero-order valence-corrected chi connectivity index (χ0v) is 7.84. The molecule has 0 saturated carbocycles. The third-order valence-corrected chi connectivity index (χ3v) is 1.25. The topological polar surface area (TPSA) is 65.7 Å². The zero-order valence-electron chi connectivity index (χ0n) is 7.09. The highest BCUT2D eigenvalue weighted by Gasteiger charge is 2.02. The van der Waals surface area contributed by atoms with Gasteiger partial charge in [0.2, 0.25) is 0 Å². The molecular weight excluding hydrogens is 184 g/mol. The molecule has 0 amide bonds. The fourth-order valence-electron chi connectivity index (χ4n) is 0.582. The number of hydrogen-bond donors (Lipinski definition) is 2. The molecule has 12 heavy (non-hydrogen) atoms. The maximum atomic E-state index is 5.30. The minimum atomic E-state index is -0.349. The Bertz CT molecular complexity index is 92.9. The van der Waals surface area contributed by atoms with Crippen molar-refractivity contribution in [2.24, 2.45) is 5.73 Å². The Morgan fingerprint density at radius 3 is 2.75 bits per heavy atom. The molecule has 5 nitrogen and oxygen atoms in total. The van der Waals surface area contributed by atoms with Crippen LogP contribution < -0.4 is 10.6 Å². The predicted octanol–water partition coefficient (Wildman–Crippen LogP) is -0.348. The van der Waals surface area contributed by atoms with Crippen LogP contribution in [-0.4, -0.2) is 39.9 Å². The number of rotatable bonds is 8. The summed E-state index contributed by atoms with van der Waals surface area (Å²) in [5.41, 5.74) is 5.30. The quantitative estimate of drug-likeness (QED) is 0.317. The SMILES string of the molecule is COC(CN)OCCOCNCl. The number of methoxy groups -OCH3 is 1. The smallest absolute Gasteiger partial charge is 0.169 e. The van der Waals surface area contributed by atoms with Gasteiger partial charge in [-0.2, -0.15) is 0 Å². The molecule has 1 atom stereocenters. The van der Waals surface area contributed by atoms with Gasteiger partial charge in [0.1, 0.15) is 6.73 Å². The third-order valence-electron chi connectivity index (χ3n) is 1.14. The maximum Gasteiger partial charge on any atom is 0.169 e. The van der Waals surface area contributed by atoms with Crippen LogP contribution in [0.2, 0.25) is 0 Å². The van der Waals surface area contributed by atoms with Crippen molar-refractivity contribution in [3.05, 3.63) is 0 Å². The van der Waals surface area contributed by atoms with Gasteiger partial charge < -0.3 is 19.9 Å². The van der Waals surface area contributed by atoms with Gasteiger partial charge in [0.05, 0.1) is 13.2 Å². The van der Waals surface area contributed by atoms with E-state index in [0.29, 0.717) is 26.5 Å². The molecule has 0 rings (SSSR count). The van der Waals surface area contributed by atoms with Gasteiger partial charge in [-0.1, -0.05) is 0 Å². The van der Waals surface area contributed by atoms with Crippen LogP contribution in [0.15, 0.2) is 0 Å². The van der Waals surface area contributed by atoms with Gasteiger partial charge in [0, 0.05) is 13.7 Å². The summed E-state index contributed by atoms with van der Waals surface area (Å²) in [6.45, 7) is 1.53. The first kappa shape index (κ1) is 12.1. The van der Waals surface area contributed by atoms with Crippen LogP contribution >= 0.6 is 11.8 Å². The van der Waals surface area contributed by atoms with Gasteiger partial charge in [0.15, 0.2) is 6.29 Å². The van der Waals surface area contributed by atoms with Crippen molar-refractivity contribution >= 4 is 11.8 Å². The lowest BCUT2D eigenvalue weighted by atomic mass is 10.6. The Kier molecular flexibility index (Phi) is 9.25. The van der Waals surface area contributed by atoms with E-state index in [1.807, 2.05) is 0 Å². The van der Waals surface area contributed by atoms with Crippen molar-refractivity contribution in [2.75, 3.05) is 33.6 Å². The van der Waals surface area contributed by atoms with Gasteiger partial charge >= 0.3 is 0 Å². The van der Waals surface area contributed by atoms with Crippen molar-refractivity contribution in [3.8, 4) is 0 Å². The van der Waals surface area contributed by atoms with E-state index in [1.165, 1.54) is 0 Å². The van der Waals surface area contributed by atoms with Gasteiger partial charge in [-0.3, -0.25) is 0 Å². The molecule has 1 unspecified atom stereocenters. The summed E-state index contributed by atoms with van der Waals surface area (Å²) in [4.78, 5) is 2.32. The van der Waals surface area contributed by atoms with Crippen LogP contribution in [0.1, 0.15) is 0 Å². The van der Waals surface area contributed by atoms with Crippen molar-refractivity contribution < 1.29 is 14.2 Å². The molecule has 0 radical (unpaired) electrons. The first-order valence-corrected chi connectivity index (χ1v) is 3.98. The summed E-state index contributed by atoms with van der Waals surface area (Å²) in [7, 11) is 1.54. The molecule has 3 N–H and O–H groups in total. The Morgan fingerprint density at radius 2 is 2.25 bits per heavy atom. The molecule has 0 aromatic carbocycles. The standard InChI is InChI=1S/C6H15ClN2O3/c1-10-6(4-8)12-3-2-11-5-9-7/h6,9H,2-5,8H2,1H3. The van der Waals surface area contributed by atoms with E-state index in [-0.39, 0.29) is 6.29 Å². The summed E-state index contributed by atoms with van der Waals surface area (Å²) in [6.07, 6.45) is -0.349. The molecule has 0 aromatic heterocycles. The van der Waals surface area contributed by atoms with Gasteiger partial charge in [-0.15, -0.1) is 0 Å². The zero-order chi connectivity index (χ0) is 9.23. The van der Waals surface area contributed by atoms with Crippen LogP contribution in [0.4, 0.5) is 0 Å². The lowest BCUT2D eigenvalue weighted by molar-refractivity contribution is -0.127. The summed E-state index contributed by atoms with van der Waals surface area (Å²) in [6, 6.07) is 0. The Morgan fingerprint density at radius 1 is 1.50 bits per heavy atom. The van der Waals surface area contributed by atoms with Crippen LogP contribution in [0.5, 0.6) is 0 Å². The first-order chi connectivity index (χ1) is 5.85. The molecule has 0 aliphatic rings. The molecule has 0 aliphatic carbocycles. The van der Waals surface area contributed by atoms with Crippen molar-refractivity contribution in [3.63, 3.8) is 0 Å². The molecule has 0 saturated heterocycles. The van der Waals surface area contributed by atoms with Crippen LogP contribution in [0.25, 0.3) is 0 Å². The Hall–Kier alpha value is 0.0900. The minimum absolute atomic E-state index is 0.297. The number of hydrogen-bond acceptors (Lipinski definition) is 5. The summed E-state index contributed by atoms with van der Waals surface area (Å²) < 4.78 is 15.0. The van der Waals surface area contributed by atoms with Crippen LogP contribution in [-0.2, 0) is 14.2 Å². The Labute approximate surface area is 77.2 Å². The second-order valence-corrected chi connectivity index (χ2v) is 2.23. The molecule has 6 heteroatoms. The second kappa shape index (κ2) is 9.18. The highest BCUT2D eigenvalue weighted by atomic mass is 35.5. The van der Waals surface area contributed by atoms with Crippen LogP contribution in [0.3, 0.4) is 0 Å². The molecule has 0 bridgehead atoms. The second-order valence-electron chi connectivity index (χ2n) is 1.96. The first-order valence-electron chi connectivity index (χ1n) is 3.60. The Balaban J connectivity index is 3.06. The molecule has 0 heterocycles. The minimum Gasteiger partial charge on any atom is -0.363 e. The maximum absolute atomic E-state index is 5.30. The summed E-state index contributed by atoms with van der Waals surface area (Å²) in [5.74, 6) is 0. The fourth-order valence-corrected chi connectivity index (χ4v) is 0.659. The largest absolute Gasteiger partial charge is 0.363 e. The van der Waals surface area contributed by atoms with Gasteiger partial charge in [-0.05, 0) is 11.8 Å². The van der Waals surface area contributed by atoms with E-state index in [2.05, 4.69) is 4.84 Å². The van der Waals surface area contributed by atoms with Crippen molar-refractivity contribution in [2.45, 2.75) is 6.29 Å². The van der Waals surface area contributed by atoms with E-state index in [1.54, 1.807) is 7.11 Å². The van der Waals surface area contributed by atoms with E-state index >= 15 is 0 Å². The van der Waals surface area contributed by atoms with E-state index in [0.717, 1.165) is 0 Å². The summed E-state index contributed by atoms with van der Waals surface area (Å²) >= 11 is 5.14. The average molecular weight is 199 g/mol. The molecule has 74 valence electrons. The van der Waals surface area contributed by atoms with Crippen molar-refractivity contribution in [1.82, 2.24) is 4.84 Å². The normalized spacial score (nSPS) is 13.2. The monoisotopic (exact) mass is 198 g/mol. The van der Waals surface area contributed by atoms with E-state index in [9.17, 15) is 0 Å².